The van der Waals surface area contributed by atoms with Crippen LogP contribution in [0.3, 0.4) is 0 Å². The molecule has 20 heavy (non-hydrogen) atoms. The average molecular weight is 289 g/mol. The molecule has 0 spiro atoms. The maximum Gasteiger partial charge on any atom is 0.238 e. The molecule has 2 rings (SSSR count). The SMILES string of the molecule is Cc1cccc(NC(=O)CNC(C)c2nc(C)cs2)c1. The highest BCUT2D eigenvalue weighted by atomic mass is 32.1. The van der Waals surface area contributed by atoms with Gasteiger partial charge >= 0.3 is 0 Å². The molecule has 0 bridgehead atoms. The van der Waals surface area contributed by atoms with E-state index in [0.29, 0.717) is 0 Å². The molecule has 0 fully saturated rings. The number of nitrogens with one attached hydrogen (secondary N) is 2. The van der Waals surface area contributed by atoms with Crippen molar-refractivity contribution >= 4 is 22.9 Å². The topological polar surface area (TPSA) is 54.0 Å². The minimum atomic E-state index is -0.0456. The predicted octanol–water partition coefficient (Wildman–Crippen LogP) is 3.05. The Morgan fingerprint density at radius 2 is 2.20 bits per heavy atom. The average Bonchev–Trinajstić information content (AvgIpc) is 2.83. The Kier molecular flexibility index (Phi) is 4.87. The quantitative estimate of drug-likeness (QED) is 0.889. The first-order chi connectivity index (χ1) is 9.54. The number of aromatic nitrogens is 1. The van der Waals surface area contributed by atoms with Crippen molar-refractivity contribution in [2.24, 2.45) is 0 Å². The van der Waals surface area contributed by atoms with Gasteiger partial charge in [0.2, 0.25) is 5.91 Å². The number of aryl methyl sites for hydroxylation is 2. The molecule has 1 amide bonds. The van der Waals surface area contributed by atoms with Gasteiger partial charge in [0.05, 0.1) is 12.6 Å². The van der Waals surface area contributed by atoms with Crippen LogP contribution in [-0.2, 0) is 4.79 Å². The van der Waals surface area contributed by atoms with Gasteiger partial charge in [-0.2, -0.15) is 0 Å². The predicted molar refractivity (Wildman–Crippen MR) is 83.1 cm³/mol. The van der Waals surface area contributed by atoms with Crippen LogP contribution in [0, 0.1) is 13.8 Å². The molecule has 1 heterocycles. The van der Waals surface area contributed by atoms with Crippen molar-refractivity contribution < 1.29 is 4.79 Å². The lowest BCUT2D eigenvalue weighted by Crippen LogP contribution is -2.30. The number of thiazole rings is 1. The number of hydrogen-bond acceptors (Lipinski definition) is 4. The molecule has 1 unspecified atom stereocenters. The first-order valence-electron chi connectivity index (χ1n) is 6.56. The van der Waals surface area contributed by atoms with E-state index in [9.17, 15) is 4.79 Å². The van der Waals surface area contributed by atoms with E-state index < -0.39 is 0 Å². The highest BCUT2D eigenvalue weighted by molar-refractivity contribution is 7.09. The number of carbonyl (C=O) groups is 1. The minimum Gasteiger partial charge on any atom is -0.325 e. The van der Waals surface area contributed by atoms with E-state index >= 15 is 0 Å². The van der Waals surface area contributed by atoms with Gasteiger partial charge in [0.15, 0.2) is 0 Å². The van der Waals surface area contributed by atoms with Crippen molar-refractivity contribution in [3.05, 3.63) is 45.9 Å². The van der Waals surface area contributed by atoms with E-state index in [1.165, 1.54) is 0 Å². The highest BCUT2D eigenvalue weighted by Gasteiger charge is 2.10. The fourth-order valence-electron chi connectivity index (χ4n) is 1.83. The van der Waals surface area contributed by atoms with Gasteiger partial charge in [-0.05, 0) is 38.5 Å². The second kappa shape index (κ2) is 6.63. The van der Waals surface area contributed by atoms with Crippen LogP contribution < -0.4 is 10.6 Å². The summed E-state index contributed by atoms with van der Waals surface area (Å²) < 4.78 is 0. The standard InChI is InChI=1S/C15H19N3OS/c1-10-5-4-6-13(7-10)18-14(19)8-16-12(3)15-17-11(2)9-20-15/h4-7,9,12,16H,8H2,1-3H3,(H,18,19). The maximum absolute atomic E-state index is 11.9. The van der Waals surface area contributed by atoms with Gasteiger partial charge < -0.3 is 5.32 Å². The summed E-state index contributed by atoms with van der Waals surface area (Å²) >= 11 is 1.61. The van der Waals surface area contributed by atoms with Gasteiger partial charge in [0.25, 0.3) is 0 Å². The van der Waals surface area contributed by atoms with Crippen molar-refractivity contribution in [1.29, 1.82) is 0 Å². The summed E-state index contributed by atoms with van der Waals surface area (Å²) in [5.74, 6) is -0.0456. The number of anilines is 1. The van der Waals surface area contributed by atoms with Crippen molar-refractivity contribution in [3.63, 3.8) is 0 Å². The maximum atomic E-state index is 11.9. The van der Waals surface area contributed by atoms with Crippen LogP contribution >= 0.6 is 11.3 Å². The van der Waals surface area contributed by atoms with Gasteiger partial charge in [-0.3, -0.25) is 10.1 Å². The summed E-state index contributed by atoms with van der Waals surface area (Å²) in [5, 5.41) is 9.08. The lowest BCUT2D eigenvalue weighted by atomic mass is 10.2. The Labute approximate surface area is 123 Å². The van der Waals surface area contributed by atoms with E-state index in [-0.39, 0.29) is 18.5 Å². The number of carbonyl (C=O) groups excluding carboxylic acids is 1. The zero-order chi connectivity index (χ0) is 14.5. The van der Waals surface area contributed by atoms with Crippen molar-refractivity contribution in [2.45, 2.75) is 26.8 Å². The fourth-order valence-corrected chi connectivity index (χ4v) is 2.66. The minimum absolute atomic E-state index is 0.0456. The van der Waals surface area contributed by atoms with E-state index in [1.807, 2.05) is 50.4 Å². The Bertz CT molecular complexity index is 594. The Hall–Kier alpha value is -1.72. The van der Waals surface area contributed by atoms with Crippen molar-refractivity contribution in [2.75, 3.05) is 11.9 Å². The van der Waals surface area contributed by atoms with Gasteiger partial charge in [-0.25, -0.2) is 4.98 Å². The van der Waals surface area contributed by atoms with Crippen molar-refractivity contribution in [1.82, 2.24) is 10.3 Å². The molecule has 0 saturated carbocycles. The number of nitrogens with zero attached hydrogens (tertiary/aromatic N) is 1. The number of rotatable bonds is 5. The normalized spacial score (nSPS) is 12.2. The van der Waals surface area contributed by atoms with Crippen LogP contribution in [0.1, 0.15) is 29.2 Å². The molecule has 1 atom stereocenters. The molecule has 106 valence electrons. The molecule has 0 saturated heterocycles. The molecular weight excluding hydrogens is 270 g/mol. The number of benzene rings is 1. The highest BCUT2D eigenvalue weighted by Crippen LogP contribution is 2.17. The van der Waals surface area contributed by atoms with Crippen LogP contribution in [0.4, 0.5) is 5.69 Å². The molecule has 4 nitrogen and oxygen atoms in total. The third-order valence-electron chi connectivity index (χ3n) is 2.88. The molecule has 0 aliphatic rings. The van der Waals surface area contributed by atoms with Crippen LogP contribution in [0.5, 0.6) is 0 Å². The second-order valence-electron chi connectivity index (χ2n) is 4.85. The molecule has 5 heteroatoms. The Balaban J connectivity index is 1.83. The third kappa shape index (κ3) is 4.15. The number of hydrogen-bond donors (Lipinski definition) is 2. The molecule has 1 aromatic heterocycles. The Morgan fingerprint density at radius 1 is 1.40 bits per heavy atom. The molecule has 2 N–H and O–H groups in total. The fraction of sp³-hybridized carbons (Fsp3) is 0.333. The first kappa shape index (κ1) is 14.7. The number of amides is 1. The van der Waals surface area contributed by atoms with E-state index in [0.717, 1.165) is 22.0 Å². The molecule has 2 aromatic rings. The summed E-state index contributed by atoms with van der Waals surface area (Å²) in [6.45, 7) is 6.25. The lowest BCUT2D eigenvalue weighted by molar-refractivity contribution is -0.115. The zero-order valence-electron chi connectivity index (χ0n) is 11.9. The van der Waals surface area contributed by atoms with Gasteiger partial charge in [0, 0.05) is 16.8 Å². The van der Waals surface area contributed by atoms with Gasteiger partial charge in [-0.15, -0.1) is 11.3 Å². The summed E-state index contributed by atoms with van der Waals surface area (Å²) in [6.07, 6.45) is 0. The molecule has 0 radical (unpaired) electrons. The summed E-state index contributed by atoms with van der Waals surface area (Å²) in [7, 11) is 0. The molecular formula is C15H19N3OS. The summed E-state index contributed by atoms with van der Waals surface area (Å²) in [6, 6.07) is 7.85. The van der Waals surface area contributed by atoms with E-state index in [1.54, 1.807) is 11.3 Å². The van der Waals surface area contributed by atoms with Gasteiger partial charge in [0.1, 0.15) is 5.01 Å². The summed E-state index contributed by atoms with van der Waals surface area (Å²) in [4.78, 5) is 16.3. The lowest BCUT2D eigenvalue weighted by Gasteiger charge is -2.11. The first-order valence-corrected chi connectivity index (χ1v) is 7.44. The molecule has 0 aliphatic carbocycles. The van der Waals surface area contributed by atoms with Gasteiger partial charge in [-0.1, -0.05) is 12.1 Å². The monoisotopic (exact) mass is 289 g/mol. The van der Waals surface area contributed by atoms with Crippen LogP contribution in [-0.4, -0.2) is 17.4 Å². The zero-order valence-corrected chi connectivity index (χ0v) is 12.8. The summed E-state index contributed by atoms with van der Waals surface area (Å²) in [5.41, 5.74) is 2.97. The van der Waals surface area contributed by atoms with E-state index in [2.05, 4.69) is 15.6 Å². The largest absolute Gasteiger partial charge is 0.325 e. The Morgan fingerprint density at radius 3 is 2.85 bits per heavy atom. The van der Waals surface area contributed by atoms with E-state index in [4.69, 9.17) is 0 Å². The second-order valence-corrected chi connectivity index (χ2v) is 5.74. The third-order valence-corrected chi connectivity index (χ3v) is 4.02. The van der Waals surface area contributed by atoms with Crippen molar-refractivity contribution in [3.8, 4) is 0 Å². The molecule has 0 aliphatic heterocycles. The van der Waals surface area contributed by atoms with Crippen LogP contribution in [0.15, 0.2) is 29.6 Å². The van der Waals surface area contributed by atoms with Crippen LogP contribution in [0.2, 0.25) is 0 Å². The van der Waals surface area contributed by atoms with Crippen LogP contribution in [0.25, 0.3) is 0 Å². The molecule has 1 aromatic carbocycles. The smallest absolute Gasteiger partial charge is 0.238 e.